The SMILES string of the molecule is CCCCCCCN1CC(C(=O)OC)=C(C(=O)OC)N(c2ccc(F)cc2)C1. The van der Waals surface area contributed by atoms with Crippen LogP contribution in [0.2, 0.25) is 0 Å². The van der Waals surface area contributed by atoms with Crippen molar-refractivity contribution in [2.75, 3.05) is 38.9 Å². The van der Waals surface area contributed by atoms with Crippen LogP contribution in [0.3, 0.4) is 0 Å². The second kappa shape index (κ2) is 10.8. The number of methoxy groups -OCH3 is 2. The number of hydrogen-bond acceptors (Lipinski definition) is 6. The molecular weight excluding hydrogens is 363 g/mol. The lowest BCUT2D eigenvalue weighted by Crippen LogP contribution is -2.48. The molecule has 6 nitrogen and oxygen atoms in total. The highest BCUT2D eigenvalue weighted by Crippen LogP contribution is 2.28. The maximum absolute atomic E-state index is 13.4. The van der Waals surface area contributed by atoms with Crippen LogP contribution in [0.1, 0.15) is 39.0 Å². The van der Waals surface area contributed by atoms with E-state index in [0.717, 1.165) is 19.4 Å². The van der Waals surface area contributed by atoms with E-state index in [2.05, 4.69) is 11.8 Å². The first-order valence-electron chi connectivity index (χ1n) is 9.67. The Morgan fingerprint density at radius 1 is 1.00 bits per heavy atom. The fourth-order valence-electron chi connectivity index (χ4n) is 3.32. The molecule has 2 rings (SSSR count). The second-order valence-electron chi connectivity index (χ2n) is 6.82. The monoisotopic (exact) mass is 392 g/mol. The number of halogens is 1. The number of unbranched alkanes of at least 4 members (excludes halogenated alkanes) is 4. The van der Waals surface area contributed by atoms with Gasteiger partial charge in [0.15, 0.2) is 0 Å². The van der Waals surface area contributed by atoms with E-state index in [9.17, 15) is 14.0 Å². The van der Waals surface area contributed by atoms with E-state index < -0.39 is 11.9 Å². The van der Waals surface area contributed by atoms with Gasteiger partial charge < -0.3 is 14.4 Å². The summed E-state index contributed by atoms with van der Waals surface area (Å²) in [6.45, 7) is 3.68. The third kappa shape index (κ3) is 5.55. The number of carbonyl (C=O) groups excluding carboxylic acids is 2. The zero-order valence-electron chi connectivity index (χ0n) is 16.9. The Morgan fingerprint density at radius 2 is 1.64 bits per heavy atom. The molecule has 154 valence electrons. The molecule has 0 atom stereocenters. The third-order valence-electron chi connectivity index (χ3n) is 4.81. The van der Waals surface area contributed by atoms with Crippen molar-refractivity contribution < 1.29 is 23.5 Å². The van der Waals surface area contributed by atoms with Gasteiger partial charge in [-0.2, -0.15) is 0 Å². The van der Waals surface area contributed by atoms with E-state index in [0.29, 0.717) is 18.9 Å². The quantitative estimate of drug-likeness (QED) is 0.474. The molecule has 1 aromatic rings. The van der Waals surface area contributed by atoms with Gasteiger partial charge in [-0.15, -0.1) is 0 Å². The number of anilines is 1. The smallest absolute Gasteiger partial charge is 0.355 e. The van der Waals surface area contributed by atoms with Crippen molar-refractivity contribution in [1.29, 1.82) is 0 Å². The molecule has 28 heavy (non-hydrogen) atoms. The van der Waals surface area contributed by atoms with Crippen LogP contribution in [0.5, 0.6) is 0 Å². The number of ether oxygens (including phenoxy) is 2. The van der Waals surface area contributed by atoms with Gasteiger partial charge >= 0.3 is 11.9 Å². The van der Waals surface area contributed by atoms with Gasteiger partial charge in [-0.25, -0.2) is 14.0 Å². The number of hydrogen-bond donors (Lipinski definition) is 0. The maximum atomic E-state index is 13.4. The highest BCUT2D eigenvalue weighted by atomic mass is 19.1. The summed E-state index contributed by atoms with van der Waals surface area (Å²) in [5.41, 5.74) is 1.00. The fraction of sp³-hybridized carbons (Fsp3) is 0.524. The molecule has 0 N–H and O–H groups in total. The number of carbonyl (C=O) groups is 2. The van der Waals surface area contributed by atoms with Crippen LogP contribution < -0.4 is 4.90 Å². The summed E-state index contributed by atoms with van der Waals surface area (Å²) < 4.78 is 23.2. The van der Waals surface area contributed by atoms with Crippen LogP contribution in [-0.2, 0) is 19.1 Å². The van der Waals surface area contributed by atoms with Crippen LogP contribution in [0, 0.1) is 5.82 Å². The Labute approximate surface area is 165 Å². The molecule has 1 heterocycles. The van der Waals surface area contributed by atoms with Crippen molar-refractivity contribution in [2.45, 2.75) is 39.0 Å². The van der Waals surface area contributed by atoms with Gasteiger partial charge in [-0.05, 0) is 30.7 Å². The van der Waals surface area contributed by atoms with Gasteiger partial charge in [0.2, 0.25) is 0 Å². The van der Waals surface area contributed by atoms with Crippen molar-refractivity contribution in [3.63, 3.8) is 0 Å². The summed E-state index contributed by atoms with van der Waals surface area (Å²) in [6, 6.07) is 5.81. The number of esters is 2. The molecule has 0 aromatic heterocycles. The molecule has 0 fully saturated rings. The van der Waals surface area contributed by atoms with Gasteiger partial charge in [-0.1, -0.05) is 32.6 Å². The summed E-state index contributed by atoms with van der Waals surface area (Å²) in [5.74, 6) is -1.55. The molecule has 0 spiro atoms. The molecule has 0 bridgehead atoms. The standard InChI is InChI=1S/C21H29FN2O4/c1-4-5-6-7-8-13-23-14-18(20(25)27-2)19(21(26)28-3)24(15-23)17-11-9-16(22)10-12-17/h9-12H,4-8,13-15H2,1-3H3. The topological polar surface area (TPSA) is 59.1 Å². The Hall–Kier alpha value is -2.41. The lowest BCUT2D eigenvalue weighted by Gasteiger charge is -2.38. The van der Waals surface area contributed by atoms with Crippen LogP contribution in [0.4, 0.5) is 10.1 Å². The minimum atomic E-state index is -0.618. The Balaban J connectivity index is 2.31. The number of rotatable bonds is 9. The molecule has 0 radical (unpaired) electrons. The van der Waals surface area contributed by atoms with Crippen LogP contribution >= 0.6 is 0 Å². The predicted molar refractivity (Wildman–Crippen MR) is 105 cm³/mol. The minimum absolute atomic E-state index is 0.142. The van der Waals surface area contributed by atoms with Gasteiger partial charge in [0, 0.05) is 18.8 Å². The first-order chi connectivity index (χ1) is 13.5. The summed E-state index contributed by atoms with van der Waals surface area (Å²) in [5, 5.41) is 0. The number of benzene rings is 1. The van der Waals surface area contributed by atoms with E-state index in [1.54, 1.807) is 17.0 Å². The van der Waals surface area contributed by atoms with Crippen molar-refractivity contribution in [1.82, 2.24) is 4.90 Å². The van der Waals surface area contributed by atoms with Gasteiger partial charge in [0.25, 0.3) is 0 Å². The predicted octanol–water partition coefficient (Wildman–Crippen LogP) is 3.48. The largest absolute Gasteiger partial charge is 0.466 e. The van der Waals surface area contributed by atoms with Crippen LogP contribution in [-0.4, -0.2) is 50.8 Å². The molecule has 1 aromatic carbocycles. The molecule has 0 amide bonds. The summed E-state index contributed by atoms with van der Waals surface area (Å²) >= 11 is 0. The molecule has 0 aliphatic carbocycles. The lowest BCUT2D eigenvalue weighted by atomic mass is 10.1. The maximum Gasteiger partial charge on any atom is 0.355 e. The van der Waals surface area contributed by atoms with Crippen molar-refractivity contribution in [2.24, 2.45) is 0 Å². The molecule has 0 saturated carbocycles. The summed E-state index contributed by atoms with van der Waals surface area (Å²) in [7, 11) is 2.56. The average molecular weight is 392 g/mol. The fourth-order valence-corrected chi connectivity index (χ4v) is 3.32. The lowest BCUT2D eigenvalue weighted by molar-refractivity contribution is -0.140. The van der Waals surface area contributed by atoms with Crippen LogP contribution in [0.25, 0.3) is 0 Å². The van der Waals surface area contributed by atoms with Gasteiger partial charge in [0.05, 0.1) is 26.5 Å². The van der Waals surface area contributed by atoms with Crippen LogP contribution in [0.15, 0.2) is 35.5 Å². The summed E-state index contributed by atoms with van der Waals surface area (Å²) in [6.07, 6.45) is 5.68. The molecule has 1 aliphatic rings. The first-order valence-corrected chi connectivity index (χ1v) is 9.67. The molecule has 7 heteroatoms. The van der Waals surface area contributed by atoms with E-state index in [1.807, 2.05) is 0 Å². The Kier molecular flexibility index (Phi) is 8.44. The Morgan fingerprint density at radius 3 is 2.25 bits per heavy atom. The highest BCUT2D eigenvalue weighted by molar-refractivity contribution is 6.03. The molecule has 0 saturated heterocycles. The van der Waals surface area contributed by atoms with Crippen molar-refractivity contribution in [3.8, 4) is 0 Å². The van der Waals surface area contributed by atoms with E-state index in [1.165, 1.54) is 45.6 Å². The number of nitrogens with zero attached hydrogens (tertiary/aromatic N) is 2. The second-order valence-corrected chi connectivity index (χ2v) is 6.82. The van der Waals surface area contributed by atoms with Crippen molar-refractivity contribution >= 4 is 17.6 Å². The molecular formula is C21H29FN2O4. The average Bonchev–Trinajstić information content (AvgIpc) is 2.72. The summed E-state index contributed by atoms with van der Waals surface area (Å²) in [4.78, 5) is 28.6. The van der Waals surface area contributed by atoms with Crippen molar-refractivity contribution in [3.05, 3.63) is 41.4 Å². The van der Waals surface area contributed by atoms with Gasteiger partial charge in [-0.3, -0.25) is 4.90 Å². The normalized spacial score (nSPS) is 14.9. The van der Waals surface area contributed by atoms with Gasteiger partial charge in [0.1, 0.15) is 11.5 Å². The van der Waals surface area contributed by atoms with E-state index >= 15 is 0 Å². The Bertz CT molecular complexity index is 703. The first kappa shape index (κ1) is 21.9. The van der Waals surface area contributed by atoms with E-state index in [-0.39, 0.29) is 17.1 Å². The highest BCUT2D eigenvalue weighted by Gasteiger charge is 2.34. The molecule has 1 aliphatic heterocycles. The van der Waals surface area contributed by atoms with E-state index in [4.69, 9.17) is 9.47 Å². The zero-order chi connectivity index (χ0) is 20.5. The zero-order valence-corrected chi connectivity index (χ0v) is 16.9. The minimum Gasteiger partial charge on any atom is -0.466 e. The molecule has 0 unspecified atom stereocenters. The third-order valence-corrected chi connectivity index (χ3v) is 4.81.